The maximum atomic E-state index is 12.0. The summed E-state index contributed by atoms with van der Waals surface area (Å²) in [7, 11) is 0. The molecule has 0 aliphatic carbocycles. The van der Waals surface area contributed by atoms with Crippen LogP contribution in [0.15, 0.2) is 41.5 Å². The van der Waals surface area contributed by atoms with Gasteiger partial charge in [0.2, 0.25) is 0 Å². The van der Waals surface area contributed by atoms with Gasteiger partial charge in [0, 0.05) is 0 Å². The van der Waals surface area contributed by atoms with Crippen molar-refractivity contribution in [3.8, 4) is 0 Å². The lowest BCUT2D eigenvalue weighted by Gasteiger charge is -1.97. The molecule has 0 unspecified atom stereocenters. The molecule has 0 saturated heterocycles. The fourth-order valence-corrected chi connectivity index (χ4v) is 1.89. The van der Waals surface area contributed by atoms with E-state index in [9.17, 15) is 14.9 Å². The molecular weight excluding hydrogens is 274 g/mol. The minimum atomic E-state index is -0.796. The number of fused-ring (bicyclic) bond motifs is 1. The van der Waals surface area contributed by atoms with Crippen molar-refractivity contribution in [1.82, 2.24) is 19.6 Å². The number of aromatic nitrogens is 4. The smallest absolute Gasteiger partial charge is 0.277 e. The Hall–Kier alpha value is -3.29. The van der Waals surface area contributed by atoms with Gasteiger partial charge in [0.15, 0.2) is 5.69 Å². The van der Waals surface area contributed by atoms with Gasteiger partial charge in [-0.1, -0.05) is 36.4 Å². The van der Waals surface area contributed by atoms with Crippen molar-refractivity contribution < 1.29 is 4.92 Å². The SMILES string of the molecule is O=c1c([N+](=O)[O-])c(/C=C/c2ccccc2)nc2nc[nH]n12. The first-order chi connectivity index (χ1) is 10.2. The van der Waals surface area contributed by atoms with Gasteiger partial charge in [-0.25, -0.2) is 9.97 Å². The zero-order valence-corrected chi connectivity index (χ0v) is 10.6. The number of hydrogen-bond donors (Lipinski definition) is 1. The molecule has 3 rings (SSSR count). The number of H-pyrrole nitrogens is 1. The molecule has 0 aliphatic rings. The van der Waals surface area contributed by atoms with E-state index in [0.29, 0.717) is 0 Å². The predicted octanol–water partition coefficient (Wildman–Crippen LogP) is 1.50. The lowest BCUT2D eigenvalue weighted by atomic mass is 10.2. The van der Waals surface area contributed by atoms with E-state index >= 15 is 0 Å². The van der Waals surface area contributed by atoms with Crippen LogP contribution >= 0.6 is 0 Å². The van der Waals surface area contributed by atoms with Crippen molar-refractivity contribution >= 4 is 23.6 Å². The largest absolute Gasteiger partial charge is 0.361 e. The molecule has 0 atom stereocenters. The van der Waals surface area contributed by atoms with E-state index in [2.05, 4.69) is 15.1 Å². The summed E-state index contributed by atoms with van der Waals surface area (Å²) >= 11 is 0. The average Bonchev–Trinajstić information content (AvgIpc) is 2.94. The molecule has 0 bridgehead atoms. The van der Waals surface area contributed by atoms with Crippen LogP contribution in [0.2, 0.25) is 0 Å². The number of nitro groups is 1. The minimum Gasteiger partial charge on any atom is -0.277 e. The molecule has 8 heteroatoms. The molecule has 3 aromatic rings. The van der Waals surface area contributed by atoms with Crippen LogP contribution in [0, 0.1) is 10.1 Å². The Kier molecular flexibility index (Phi) is 3.03. The van der Waals surface area contributed by atoms with Crippen LogP contribution in [0.3, 0.4) is 0 Å². The zero-order chi connectivity index (χ0) is 14.8. The average molecular weight is 283 g/mol. The molecule has 1 N–H and O–H groups in total. The van der Waals surface area contributed by atoms with Gasteiger partial charge in [0.1, 0.15) is 6.33 Å². The first-order valence-corrected chi connectivity index (χ1v) is 6.00. The highest BCUT2D eigenvalue weighted by Gasteiger charge is 2.22. The molecule has 0 saturated carbocycles. The number of hydrogen-bond acceptors (Lipinski definition) is 5. The number of nitrogens with one attached hydrogen (secondary N) is 1. The Morgan fingerprint density at radius 1 is 1.24 bits per heavy atom. The Labute approximate surface area is 117 Å². The van der Waals surface area contributed by atoms with Crippen LogP contribution in [0.25, 0.3) is 17.9 Å². The van der Waals surface area contributed by atoms with Gasteiger partial charge in [-0.15, -0.1) is 0 Å². The fourth-order valence-electron chi connectivity index (χ4n) is 1.89. The molecule has 104 valence electrons. The minimum absolute atomic E-state index is 0.0269. The van der Waals surface area contributed by atoms with Crippen molar-refractivity contribution in [2.45, 2.75) is 0 Å². The van der Waals surface area contributed by atoms with E-state index in [1.165, 1.54) is 12.4 Å². The summed E-state index contributed by atoms with van der Waals surface area (Å²) in [5.74, 6) is 0.0818. The van der Waals surface area contributed by atoms with E-state index in [-0.39, 0.29) is 11.5 Å². The molecule has 0 spiro atoms. The summed E-state index contributed by atoms with van der Waals surface area (Å²) in [6.45, 7) is 0. The topological polar surface area (TPSA) is 106 Å². The highest BCUT2D eigenvalue weighted by molar-refractivity contribution is 5.72. The van der Waals surface area contributed by atoms with Crippen molar-refractivity contribution in [3.05, 3.63) is 68.4 Å². The first-order valence-electron chi connectivity index (χ1n) is 6.00. The van der Waals surface area contributed by atoms with Crippen molar-refractivity contribution in [1.29, 1.82) is 0 Å². The number of benzene rings is 1. The predicted molar refractivity (Wildman–Crippen MR) is 75.6 cm³/mol. The third-order valence-electron chi connectivity index (χ3n) is 2.85. The van der Waals surface area contributed by atoms with E-state index in [1.807, 2.05) is 30.3 Å². The van der Waals surface area contributed by atoms with Crippen LogP contribution in [0.4, 0.5) is 5.69 Å². The van der Waals surface area contributed by atoms with Crippen LogP contribution < -0.4 is 5.56 Å². The van der Waals surface area contributed by atoms with Gasteiger partial charge in [0.05, 0.1) is 4.92 Å². The molecule has 2 aromatic heterocycles. The van der Waals surface area contributed by atoms with Gasteiger partial charge in [-0.05, 0) is 11.6 Å². The zero-order valence-electron chi connectivity index (χ0n) is 10.6. The van der Waals surface area contributed by atoms with Gasteiger partial charge in [0.25, 0.3) is 5.78 Å². The Morgan fingerprint density at radius 3 is 2.71 bits per heavy atom. The highest BCUT2D eigenvalue weighted by Crippen LogP contribution is 2.15. The summed E-state index contributed by atoms with van der Waals surface area (Å²) in [6.07, 6.45) is 4.33. The molecule has 8 nitrogen and oxygen atoms in total. The summed E-state index contributed by atoms with van der Waals surface area (Å²) in [5, 5.41) is 13.6. The van der Waals surface area contributed by atoms with Gasteiger partial charge >= 0.3 is 11.2 Å². The summed E-state index contributed by atoms with van der Waals surface area (Å²) in [5.41, 5.74) is -0.573. The first kappa shape index (κ1) is 12.7. The van der Waals surface area contributed by atoms with E-state index in [4.69, 9.17) is 0 Å². The molecule has 21 heavy (non-hydrogen) atoms. The summed E-state index contributed by atoms with van der Waals surface area (Å²) in [4.78, 5) is 30.3. The van der Waals surface area contributed by atoms with E-state index in [0.717, 1.165) is 10.1 Å². The summed E-state index contributed by atoms with van der Waals surface area (Å²) < 4.78 is 0.929. The molecule has 0 amide bonds. The second-order valence-corrected chi connectivity index (χ2v) is 4.17. The van der Waals surface area contributed by atoms with Gasteiger partial charge in [-0.2, -0.15) is 4.52 Å². The number of aromatic amines is 1. The lowest BCUT2D eigenvalue weighted by molar-refractivity contribution is -0.386. The quantitative estimate of drug-likeness (QED) is 0.579. The number of nitrogens with zero attached hydrogens (tertiary/aromatic N) is 4. The molecule has 0 fully saturated rings. The van der Waals surface area contributed by atoms with Crippen molar-refractivity contribution in [3.63, 3.8) is 0 Å². The molecule has 1 aromatic carbocycles. The molecule has 0 aliphatic heterocycles. The van der Waals surface area contributed by atoms with Crippen molar-refractivity contribution in [2.75, 3.05) is 0 Å². The van der Waals surface area contributed by atoms with Crippen LogP contribution in [0.5, 0.6) is 0 Å². The highest BCUT2D eigenvalue weighted by atomic mass is 16.6. The maximum absolute atomic E-state index is 12.0. The molecular formula is C13H9N5O3. The monoisotopic (exact) mass is 283 g/mol. The Bertz CT molecular complexity index is 895. The van der Waals surface area contributed by atoms with E-state index < -0.39 is 16.2 Å². The normalized spacial score (nSPS) is 11.2. The fraction of sp³-hybridized carbons (Fsp3) is 0. The second-order valence-electron chi connectivity index (χ2n) is 4.17. The van der Waals surface area contributed by atoms with Gasteiger partial charge in [-0.3, -0.25) is 20.0 Å². The summed E-state index contributed by atoms with van der Waals surface area (Å²) in [6, 6.07) is 9.21. The third-order valence-corrected chi connectivity index (χ3v) is 2.85. The Balaban J connectivity index is 2.17. The van der Waals surface area contributed by atoms with Gasteiger partial charge < -0.3 is 0 Å². The molecule has 2 heterocycles. The Morgan fingerprint density at radius 2 is 2.00 bits per heavy atom. The molecule has 0 radical (unpaired) electrons. The third kappa shape index (κ3) is 2.29. The maximum Gasteiger partial charge on any atom is 0.361 e. The second kappa shape index (κ2) is 5.00. The lowest BCUT2D eigenvalue weighted by Crippen LogP contribution is -2.20. The standard InChI is InChI=1S/C13H9N5O3/c19-12-11(18(20)21)10(16-13-14-8-15-17(12)13)7-6-9-4-2-1-3-5-9/h1-8H,(H,14,15,16)/b7-6+. The van der Waals surface area contributed by atoms with E-state index in [1.54, 1.807) is 6.08 Å². The number of rotatable bonds is 3. The van der Waals surface area contributed by atoms with Crippen LogP contribution in [-0.2, 0) is 0 Å². The van der Waals surface area contributed by atoms with Crippen molar-refractivity contribution in [2.24, 2.45) is 0 Å². The van der Waals surface area contributed by atoms with Crippen LogP contribution in [-0.4, -0.2) is 24.5 Å². The van der Waals surface area contributed by atoms with Crippen LogP contribution in [0.1, 0.15) is 11.3 Å².